The first kappa shape index (κ1) is 20.0. The van der Waals surface area contributed by atoms with Crippen molar-refractivity contribution in [1.82, 2.24) is 14.9 Å². The van der Waals surface area contributed by atoms with E-state index < -0.39 is 0 Å². The molecule has 0 saturated carbocycles. The number of carbonyl (C=O) groups excluding carboxylic acids is 1. The fourth-order valence-corrected chi connectivity index (χ4v) is 4.66. The third kappa shape index (κ3) is 4.04. The predicted molar refractivity (Wildman–Crippen MR) is 122 cm³/mol. The predicted octanol–water partition coefficient (Wildman–Crippen LogP) is 4.35. The van der Waals surface area contributed by atoms with Crippen LogP contribution in [-0.2, 0) is 11.3 Å². The highest BCUT2D eigenvalue weighted by molar-refractivity contribution is 7.22. The molecule has 2 aromatic heterocycles. The lowest BCUT2D eigenvalue weighted by Gasteiger charge is -2.13. The Hall–Kier alpha value is -3.25. The zero-order valence-corrected chi connectivity index (χ0v) is 17.8. The second kappa shape index (κ2) is 8.63. The van der Waals surface area contributed by atoms with E-state index in [2.05, 4.69) is 17.2 Å². The monoisotopic (exact) mass is 417 g/mol. The number of carbonyl (C=O) groups is 1. The van der Waals surface area contributed by atoms with Crippen molar-refractivity contribution in [2.75, 3.05) is 6.54 Å². The number of hydrogen-bond acceptors (Lipinski definition) is 4. The quantitative estimate of drug-likeness (QED) is 0.507. The van der Waals surface area contributed by atoms with E-state index >= 15 is 0 Å². The Morgan fingerprint density at radius 2 is 1.77 bits per heavy atom. The van der Waals surface area contributed by atoms with Gasteiger partial charge in [0.25, 0.3) is 5.56 Å². The van der Waals surface area contributed by atoms with E-state index in [-0.39, 0.29) is 23.9 Å². The van der Waals surface area contributed by atoms with Gasteiger partial charge in [0.15, 0.2) is 0 Å². The number of thiophene rings is 1. The molecule has 2 heterocycles. The molecule has 1 amide bonds. The standard InChI is InChI=1S/C24H23N3O2S/c1-16(18-9-5-3-6-10-18)13-25-20(28)14-27-15-26-23-21(24(27)29)17(2)22(30-23)19-11-7-4-8-12-19/h3-12,15-16H,13-14H2,1-2H3,(H,25,28)/t16-/m0/s1. The molecule has 1 atom stereocenters. The maximum atomic E-state index is 13.0. The van der Waals surface area contributed by atoms with E-state index in [1.807, 2.05) is 67.6 Å². The van der Waals surface area contributed by atoms with Crippen molar-refractivity contribution in [2.45, 2.75) is 26.3 Å². The maximum Gasteiger partial charge on any atom is 0.262 e. The van der Waals surface area contributed by atoms with Gasteiger partial charge in [-0.2, -0.15) is 0 Å². The maximum absolute atomic E-state index is 13.0. The number of fused-ring (bicyclic) bond motifs is 1. The molecule has 5 nitrogen and oxygen atoms in total. The smallest absolute Gasteiger partial charge is 0.262 e. The second-order valence-corrected chi connectivity index (χ2v) is 8.39. The molecule has 152 valence electrons. The van der Waals surface area contributed by atoms with Gasteiger partial charge in [-0.3, -0.25) is 14.2 Å². The zero-order chi connectivity index (χ0) is 21.1. The van der Waals surface area contributed by atoms with Crippen LogP contribution >= 0.6 is 11.3 Å². The number of amides is 1. The lowest BCUT2D eigenvalue weighted by atomic mass is 10.0. The minimum absolute atomic E-state index is 0.0424. The fourth-order valence-electron chi connectivity index (χ4n) is 3.51. The van der Waals surface area contributed by atoms with Gasteiger partial charge in [0.2, 0.25) is 5.91 Å². The van der Waals surface area contributed by atoms with Crippen LogP contribution in [-0.4, -0.2) is 22.0 Å². The van der Waals surface area contributed by atoms with Crippen LogP contribution in [0.1, 0.15) is 24.0 Å². The summed E-state index contributed by atoms with van der Waals surface area (Å²) in [7, 11) is 0. The molecule has 0 aliphatic heterocycles. The van der Waals surface area contributed by atoms with Gasteiger partial charge in [0.1, 0.15) is 11.4 Å². The van der Waals surface area contributed by atoms with Crippen molar-refractivity contribution in [3.05, 3.63) is 88.5 Å². The highest BCUT2D eigenvalue weighted by Crippen LogP contribution is 2.35. The van der Waals surface area contributed by atoms with Crippen LogP contribution in [0.15, 0.2) is 71.8 Å². The lowest BCUT2D eigenvalue weighted by molar-refractivity contribution is -0.121. The van der Waals surface area contributed by atoms with Crippen molar-refractivity contribution in [2.24, 2.45) is 0 Å². The van der Waals surface area contributed by atoms with Crippen LogP contribution in [0.5, 0.6) is 0 Å². The summed E-state index contributed by atoms with van der Waals surface area (Å²) in [5.74, 6) is -0.00257. The Bertz CT molecular complexity index is 1230. The average Bonchev–Trinajstić information content (AvgIpc) is 3.12. The van der Waals surface area contributed by atoms with Gasteiger partial charge >= 0.3 is 0 Å². The third-order valence-corrected chi connectivity index (χ3v) is 6.49. The SMILES string of the molecule is Cc1c(-c2ccccc2)sc2ncn(CC(=O)NC[C@H](C)c3ccccc3)c(=O)c12. The molecule has 0 radical (unpaired) electrons. The van der Waals surface area contributed by atoms with E-state index in [0.29, 0.717) is 16.8 Å². The van der Waals surface area contributed by atoms with Gasteiger partial charge in [-0.05, 0) is 29.5 Å². The van der Waals surface area contributed by atoms with Gasteiger partial charge in [0.05, 0.1) is 11.7 Å². The molecule has 6 heteroatoms. The molecule has 0 aliphatic rings. The van der Waals surface area contributed by atoms with E-state index in [1.165, 1.54) is 27.8 Å². The van der Waals surface area contributed by atoms with Crippen LogP contribution in [0.25, 0.3) is 20.7 Å². The summed E-state index contributed by atoms with van der Waals surface area (Å²) in [5.41, 5.74) is 2.96. The molecule has 30 heavy (non-hydrogen) atoms. The van der Waals surface area contributed by atoms with Crippen LogP contribution in [0.4, 0.5) is 0 Å². The molecule has 0 bridgehead atoms. The molecular weight excluding hydrogens is 394 g/mol. The largest absolute Gasteiger partial charge is 0.354 e. The molecule has 0 fully saturated rings. The topological polar surface area (TPSA) is 64.0 Å². The minimum atomic E-state index is -0.197. The molecule has 4 aromatic rings. The Morgan fingerprint density at radius 3 is 2.47 bits per heavy atom. The Kier molecular flexibility index (Phi) is 5.77. The van der Waals surface area contributed by atoms with Gasteiger partial charge in [-0.15, -0.1) is 11.3 Å². The summed E-state index contributed by atoms with van der Waals surface area (Å²) >= 11 is 1.51. The normalized spacial score (nSPS) is 12.1. The van der Waals surface area contributed by atoms with Gasteiger partial charge in [-0.1, -0.05) is 67.6 Å². The highest BCUT2D eigenvalue weighted by Gasteiger charge is 2.17. The minimum Gasteiger partial charge on any atom is -0.354 e. The summed E-state index contributed by atoms with van der Waals surface area (Å²) < 4.78 is 1.39. The first-order valence-electron chi connectivity index (χ1n) is 9.90. The molecular formula is C24H23N3O2S. The van der Waals surface area contributed by atoms with Gasteiger partial charge in [-0.25, -0.2) is 4.98 Å². The van der Waals surface area contributed by atoms with Gasteiger partial charge < -0.3 is 5.32 Å². The van der Waals surface area contributed by atoms with E-state index in [0.717, 1.165) is 16.0 Å². The molecule has 0 saturated heterocycles. The number of benzene rings is 2. The van der Waals surface area contributed by atoms with Gasteiger partial charge in [0, 0.05) is 11.4 Å². The zero-order valence-electron chi connectivity index (χ0n) is 17.0. The first-order valence-corrected chi connectivity index (χ1v) is 10.7. The van der Waals surface area contributed by atoms with Crippen molar-refractivity contribution in [3.8, 4) is 10.4 Å². The summed E-state index contributed by atoms with van der Waals surface area (Å²) in [4.78, 5) is 31.7. The number of rotatable bonds is 6. The lowest BCUT2D eigenvalue weighted by Crippen LogP contribution is -2.34. The van der Waals surface area contributed by atoms with Crippen molar-refractivity contribution in [3.63, 3.8) is 0 Å². The number of nitrogens with one attached hydrogen (secondary N) is 1. The second-order valence-electron chi connectivity index (χ2n) is 7.40. The molecule has 0 unspecified atom stereocenters. The Balaban J connectivity index is 1.52. The number of nitrogens with zero attached hydrogens (tertiary/aromatic N) is 2. The van der Waals surface area contributed by atoms with Crippen molar-refractivity contribution in [1.29, 1.82) is 0 Å². The molecule has 4 rings (SSSR count). The van der Waals surface area contributed by atoms with Crippen LogP contribution < -0.4 is 10.9 Å². The molecule has 2 aromatic carbocycles. The van der Waals surface area contributed by atoms with Crippen molar-refractivity contribution < 1.29 is 4.79 Å². The fraction of sp³-hybridized carbons (Fsp3) is 0.208. The summed E-state index contributed by atoms with van der Waals surface area (Å²) in [5, 5.41) is 3.52. The molecule has 0 aliphatic carbocycles. The summed E-state index contributed by atoms with van der Waals surface area (Å²) in [6.07, 6.45) is 1.47. The number of aryl methyl sites for hydroxylation is 1. The summed E-state index contributed by atoms with van der Waals surface area (Å²) in [6, 6.07) is 20.0. The Morgan fingerprint density at radius 1 is 1.10 bits per heavy atom. The average molecular weight is 418 g/mol. The van der Waals surface area contributed by atoms with E-state index in [4.69, 9.17) is 0 Å². The Labute approximate surface area is 179 Å². The van der Waals surface area contributed by atoms with E-state index in [1.54, 1.807) is 0 Å². The van der Waals surface area contributed by atoms with Crippen LogP contribution in [0, 0.1) is 6.92 Å². The first-order chi connectivity index (χ1) is 14.5. The van der Waals surface area contributed by atoms with Crippen LogP contribution in [0.3, 0.4) is 0 Å². The molecule has 0 spiro atoms. The summed E-state index contributed by atoms with van der Waals surface area (Å²) in [6.45, 7) is 4.48. The number of aromatic nitrogens is 2. The third-order valence-electron chi connectivity index (χ3n) is 5.24. The van der Waals surface area contributed by atoms with Crippen LogP contribution in [0.2, 0.25) is 0 Å². The molecule has 1 N–H and O–H groups in total. The van der Waals surface area contributed by atoms with Crippen molar-refractivity contribution >= 4 is 27.5 Å². The number of hydrogen-bond donors (Lipinski definition) is 1. The highest BCUT2D eigenvalue weighted by atomic mass is 32.1. The van der Waals surface area contributed by atoms with E-state index in [9.17, 15) is 9.59 Å².